The van der Waals surface area contributed by atoms with Crippen LogP contribution in [0.4, 0.5) is 4.39 Å². The molecule has 0 spiro atoms. The van der Waals surface area contributed by atoms with Crippen LogP contribution in [0, 0.1) is 5.82 Å². The zero-order valence-corrected chi connectivity index (χ0v) is 15.6. The number of halogens is 1. The van der Waals surface area contributed by atoms with E-state index in [0.717, 1.165) is 24.4 Å². The van der Waals surface area contributed by atoms with Gasteiger partial charge in [0.05, 0.1) is 35.9 Å². The number of aryl methyl sites for hydroxylation is 1. The van der Waals surface area contributed by atoms with Crippen LogP contribution in [0.5, 0.6) is 0 Å². The number of hydrogen-bond donors (Lipinski definition) is 1. The molecule has 1 saturated heterocycles. The summed E-state index contributed by atoms with van der Waals surface area (Å²) in [5, 5.41) is 9.21. The quantitative estimate of drug-likeness (QED) is 0.731. The zero-order valence-electron chi connectivity index (χ0n) is 15.6. The van der Waals surface area contributed by atoms with Crippen molar-refractivity contribution in [3.63, 3.8) is 0 Å². The second kappa shape index (κ2) is 7.69. The second-order valence-electron chi connectivity index (χ2n) is 6.90. The molecule has 1 atom stereocenters. The first-order chi connectivity index (χ1) is 13.6. The summed E-state index contributed by atoms with van der Waals surface area (Å²) < 4.78 is 22.0. The molecular formula is C21H22FN3O3. The van der Waals surface area contributed by atoms with E-state index in [4.69, 9.17) is 4.74 Å². The number of benzene rings is 2. The number of imidazole rings is 1. The summed E-state index contributed by atoms with van der Waals surface area (Å²) in [6.07, 6.45) is -0.312. The van der Waals surface area contributed by atoms with E-state index >= 15 is 0 Å². The number of aromatic carboxylic acids is 1. The minimum Gasteiger partial charge on any atom is -0.478 e. The highest BCUT2D eigenvalue weighted by Crippen LogP contribution is 2.26. The fourth-order valence-corrected chi connectivity index (χ4v) is 3.76. The largest absolute Gasteiger partial charge is 0.478 e. The molecule has 0 bridgehead atoms. The van der Waals surface area contributed by atoms with Crippen LogP contribution in [0.15, 0.2) is 42.5 Å². The average molecular weight is 383 g/mol. The van der Waals surface area contributed by atoms with Crippen LogP contribution in [0.3, 0.4) is 0 Å². The second-order valence-corrected chi connectivity index (χ2v) is 6.90. The molecule has 1 fully saturated rings. The normalized spacial score (nSPS) is 17.9. The Morgan fingerprint density at radius 2 is 2.14 bits per heavy atom. The first-order valence-corrected chi connectivity index (χ1v) is 9.37. The molecule has 0 aliphatic carbocycles. The average Bonchev–Trinajstić information content (AvgIpc) is 3.04. The highest BCUT2D eigenvalue weighted by atomic mass is 19.1. The van der Waals surface area contributed by atoms with E-state index in [1.54, 1.807) is 30.3 Å². The highest BCUT2D eigenvalue weighted by molar-refractivity contribution is 5.92. The van der Waals surface area contributed by atoms with Gasteiger partial charge in [0.2, 0.25) is 0 Å². The lowest BCUT2D eigenvalue weighted by molar-refractivity contribution is -0.0354. The van der Waals surface area contributed by atoms with Gasteiger partial charge in [0, 0.05) is 25.2 Å². The molecule has 0 radical (unpaired) electrons. The molecule has 0 saturated carbocycles. The predicted octanol–water partition coefficient (Wildman–Crippen LogP) is 3.47. The van der Waals surface area contributed by atoms with Crippen LogP contribution in [0.25, 0.3) is 11.0 Å². The molecule has 6 nitrogen and oxygen atoms in total. The van der Waals surface area contributed by atoms with Crippen molar-refractivity contribution in [2.45, 2.75) is 26.1 Å². The molecule has 1 aliphatic heterocycles. The van der Waals surface area contributed by atoms with E-state index in [-0.39, 0.29) is 17.5 Å². The van der Waals surface area contributed by atoms with Crippen LogP contribution in [-0.4, -0.2) is 45.2 Å². The minimum atomic E-state index is -0.963. The van der Waals surface area contributed by atoms with Gasteiger partial charge in [-0.05, 0) is 31.2 Å². The van der Waals surface area contributed by atoms with E-state index in [1.165, 1.54) is 6.07 Å². The summed E-state index contributed by atoms with van der Waals surface area (Å²) in [7, 11) is 0. The molecule has 1 N–H and O–H groups in total. The smallest absolute Gasteiger partial charge is 0.335 e. The summed E-state index contributed by atoms with van der Waals surface area (Å²) in [5.41, 5.74) is 2.39. The van der Waals surface area contributed by atoms with Gasteiger partial charge in [-0.25, -0.2) is 14.2 Å². The molecule has 1 unspecified atom stereocenters. The third kappa shape index (κ3) is 3.50. The van der Waals surface area contributed by atoms with Gasteiger partial charge < -0.3 is 14.4 Å². The number of carboxylic acid groups (broad SMARTS) is 1. The topological polar surface area (TPSA) is 67.6 Å². The van der Waals surface area contributed by atoms with Crippen molar-refractivity contribution in [1.29, 1.82) is 0 Å². The van der Waals surface area contributed by atoms with Gasteiger partial charge in [-0.2, -0.15) is 0 Å². The number of morpholine rings is 1. The van der Waals surface area contributed by atoms with Crippen molar-refractivity contribution in [3.05, 3.63) is 65.2 Å². The molecule has 2 heterocycles. The number of rotatable bonds is 5. The number of fused-ring (bicyclic) bond motifs is 1. The van der Waals surface area contributed by atoms with Crippen LogP contribution in [0.2, 0.25) is 0 Å². The maximum atomic E-state index is 14.1. The van der Waals surface area contributed by atoms with Crippen LogP contribution in [0.1, 0.15) is 34.8 Å². The maximum Gasteiger partial charge on any atom is 0.335 e. The first kappa shape index (κ1) is 18.6. The summed E-state index contributed by atoms with van der Waals surface area (Å²) in [5.74, 6) is -0.346. The summed E-state index contributed by atoms with van der Waals surface area (Å²) in [6.45, 7) is 5.21. The maximum absolute atomic E-state index is 14.1. The first-order valence-electron chi connectivity index (χ1n) is 9.37. The monoisotopic (exact) mass is 383 g/mol. The van der Waals surface area contributed by atoms with Crippen molar-refractivity contribution < 1.29 is 19.0 Å². The standard InChI is InChI=1S/C21H22FN3O3/c1-2-25-18-8-7-14(21(26)27)11-17(18)23-20(25)13-24-9-10-28-19(12-24)15-5-3-4-6-16(15)22/h3-8,11,19H,2,9-10,12-13H2,1H3,(H,26,27). The predicted molar refractivity (Wildman–Crippen MR) is 103 cm³/mol. The van der Waals surface area contributed by atoms with E-state index < -0.39 is 5.97 Å². The van der Waals surface area contributed by atoms with Gasteiger partial charge in [-0.1, -0.05) is 18.2 Å². The van der Waals surface area contributed by atoms with Crippen molar-refractivity contribution in [3.8, 4) is 0 Å². The Bertz CT molecular complexity index is 1020. The van der Waals surface area contributed by atoms with E-state index in [2.05, 4.69) is 14.5 Å². The van der Waals surface area contributed by atoms with E-state index in [9.17, 15) is 14.3 Å². The Kier molecular flexibility index (Phi) is 5.11. The van der Waals surface area contributed by atoms with Crippen molar-refractivity contribution in [2.24, 2.45) is 0 Å². The highest BCUT2D eigenvalue weighted by Gasteiger charge is 2.25. The summed E-state index contributed by atoms with van der Waals surface area (Å²) in [4.78, 5) is 18.1. The van der Waals surface area contributed by atoms with Crippen LogP contribution < -0.4 is 0 Å². The van der Waals surface area contributed by atoms with Gasteiger partial charge in [-0.15, -0.1) is 0 Å². The van der Waals surface area contributed by atoms with Crippen molar-refractivity contribution in [2.75, 3.05) is 19.7 Å². The van der Waals surface area contributed by atoms with Gasteiger partial charge >= 0.3 is 5.97 Å². The summed E-state index contributed by atoms with van der Waals surface area (Å²) >= 11 is 0. The Morgan fingerprint density at radius 3 is 2.89 bits per heavy atom. The Balaban J connectivity index is 1.58. The Morgan fingerprint density at radius 1 is 1.32 bits per heavy atom. The van der Waals surface area contributed by atoms with E-state index in [1.807, 2.05) is 13.0 Å². The zero-order chi connectivity index (χ0) is 19.7. The molecule has 1 aromatic heterocycles. The number of nitrogens with zero attached hydrogens (tertiary/aromatic N) is 3. The lowest BCUT2D eigenvalue weighted by Crippen LogP contribution is -2.38. The molecule has 3 aromatic rings. The van der Waals surface area contributed by atoms with Crippen molar-refractivity contribution >= 4 is 17.0 Å². The molecule has 7 heteroatoms. The summed E-state index contributed by atoms with van der Waals surface area (Å²) in [6, 6.07) is 11.7. The number of ether oxygens (including phenoxy) is 1. The Labute approximate surface area is 162 Å². The van der Waals surface area contributed by atoms with Gasteiger partial charge in [0.15, 0.2) is 0 Å². The fraction of sp³-hybridized carbons (Fsp3) is 0.333. The SMILES string of the molecule is CCn1c(CN2CCOC(c3ccccc3F)C2)nc2cc(C(=O)O)ccc21. The molecular weight excluding hydrogens is 361 g/mol. The lowest BCUT2D eigenvalue weighted by atomic mass is 10.1. The van der Waals surface area contributed by atoms with Gasteiger partial charge in [0.25, 0.3) is 0 Å². The van der Waals surface area contributed by atoms with Crippen molar-refractivity contribution in [1.82, 2.24) is 14.5 Å². The lowest BCUT2D eigenvalue weighted by Gasteiger charge is -2.33. The molecule has 146 valence electrons. The minimum absolute atomic E-state index is 0.228. The molecule has 28 heavy (non-hydrogen) atoms. The van der Waals surface area contributed by atoms with Gasteiger partial charge in [-0.3, -0.25) is 4.90 Å². The molecule has 0 amide bonds. The number of carbonyl (C=O) groups is 1. The molecule has 2 aromatic carbocycles. The molecule has 1 aliphatic rings. The fourth-order valence-electron chi connectivity index (χ4n) is 3.76. The number of aromatic nitrogens is 2. The third-order valence-corrected chi connectivity index (χ3v) is 5.16. The number of hydrogen-bond acceptors (Lipinski definition) is 4. The number of carboxylic acids is 1. The molecule has 4 rings (SSSR count). The van der Waals surface area contributed by atoms with Crippen LogP contribution >= 0.6 is 0 Å². The van der Waals surface area contributed by atoms with E-state index in [0.29, 0.717) is 30.8 Å². The van der Waals surface area contributed by atoms with Crippen LogP contribution in [-0.2, 0) is 17.8 Å². The Hall–Kier alpha value is -2.77. The van der Waals surface area contributed by atoms with Gasteiger partial charge in [0.1, 0.15) is 11.6 Å². The third-order valence-electron chi connectivity index (χ3n) is 5.16.